The van der Waals surface area contributed by atoms with Gasteiger partial charge in [-0.1, -0.05) is 19.1 Å². The maximum absolute atomic E-state index is 12.9. The lowest BCUT2D eigenvalue weighted by atomic mass is 10.1. The van der Waals surface area contributed by atoms with Crippen LogP contribution in [0.1, 0.15) is 33.2 Å². The van der Waals surface area contributed by atoms with Gasteiger partial charge in [-0.25, -0.2) is 0 Å². The van der Waals surface area contributed by atoms with Crippen molar-refractivity contribution in [2.75, 3.05) is 39.9 Å². The second-order valence-electron chi connectivity index (χ2n) is 7.26. The highest BCUT2D eigenvalue weighted by Crippen LogP contribution is 2.28. The highest BCUT2D eigenvalue weighted by atomic mass is 16.5. The van der Waals surface area contributed by atoms with Gasteiger partial charge in [-0.15, -0.1) is 0 Å². The Balaban J connectivity index is 1.61. The molecule has 2 aromatic carbocycles. The summed E-state index contributed by atoms with van der Waals surface area (Å²) in [6, 6.07) is 12.4. The predicted molar refractivity (Wildman–Crippen MR) is 115 cm³/mol. The Hall–Kier alpha value is -3.55. The van der Waals surface area contributed by atoms with Crippen LogP contribution in [0.25, 0.3) is 0 Å². The van der Waals surface area contributed by atoms with Crippen molar-refractivity contribution in [3.05, 3.63) is 59.2 Å². The molecule has 0 aliphatic carbocycles. The SMILES string of the molecule is CCc1ccc(C(=O)N2CCN(C(=O)c3ccc(OCC(N)=O)c(OC)c3)CC2)cc1. The van der Waals surface area contributed by atoms with Gasteiger partial charge in [0, 0.05) is 37.3 Å². The zero-order chi connectivity index (χ0) is 22.4. The number of carbonyl (C=O) groups excluding carboxylic acids is 3. The Bertz CT molecular complexity index is 950. The van der Waals surface area contributed by atoms with Gasteiger partial charge in [-0.2, -0.15) is 0 Å². The first kappa shape index (κ1) is 22.1. The molecule has 0 atom stereocenters. The molecule has 0 radical (unpaired) electrons. The van der Waals surface area contributed by atoms with Crippen molar-refractivity contribution >= 4 is 17.7 Å². The van der Waals surface area contributed by atoms with Crippen molar-refractivity contribution in [1.29, 1.82) is 0 Å². The Kier molecular flexibility index (Phi) is 7.12. The molecule has 1 aliphatic heterocycles. The lowest BCUT2D eigenvalue weighted by Gasteiger charge is -2.35. The highest BCUT2D eigenvalue weighted by molar-refractivity contribution is 5.96. The minimum atomic E-state index is -0.601. The largest absolute Gasteiger partial charge is 0.493 e. The number of ether oxygens (including phenoxy) is 2. The highest BCUT2D eigenvalue weighted by Gasteiger charge is 2.26. The van der Waals surface area contributed by atoms with Crippen LogP contribution in [0.2, 0.25) is 0 Å². The van der Waals surface area contributed by atoms with E-state index in [9.17, 15) is 14.4 Å². The van der Waals surface area contributed by atoms with Crippen molar-refractivity contribution in [1.82, 2.24) is 9.80 Å². The molecule has 1 saturated heterocycles. The van der Waals surface area contributed by atoms with E-state index in [1.165, 1.54) is 12.7 Å². The summed E-state index contributed by atoms with van der Waals surface area (Å²) < 4.78 is 10.6. The minimum Gasteiger partial charge on any atom is -0.493 e. The third-order valence-electron chi connectivity index (χ3n) is 5.24. The summed E-state index contributed by atoms with van der Waals surface area (Å²) in [6.45, 7) is 3.62. The van der Waals surface area contributed by atoms with Crippen molar-refractivity contribution in [3.8, 4) is 11.5 Å². The molecule has 3 amide bonds. The molecule has 3 rings (SSSR count). The maximum Gasteiger partial charge on any atom is 0.255 e. The van der Waals surface area contributed by atoms with Gasteiger partial charge in [0.15, 0.2) is 18.1 Å². The van der Waals surface area contributed by atoms with Gasteiger partial charge in [-0.3, -0.25) is 14.4 Å². The number of methoxy groups -OCH3 is 1. The van der Waals surface area contributed by atoms with E-state index in [4.69, 9.17) is 15.2 Å². The number of nitrogens with two attached hydrogens (primary N) is 1. The summed E-state index contributed by atoms with van der Waals surface area (Å²) >= 11 is 0. The Morgan fingerprint density at radius 3 is 1.94 bits per heavy atom. The molecule has 31 heavy (non-hydrogen) atoms. The van der Waals surface area contributed by atoms with E-state index < -0.39 is 5.91 Å². The van der Waals surface area contributed by atoms with Crippen LogP contribution < -0.4 is 15.2 Å². The number of nitrogens with zero attached hydrogens (tertiary/aromatic N) is 2. The van der Waals surface area contributed by atoms with Gasteiger partial charge >= 0.3 is 0 Å². The number of benzene rings is 2. The monoisotopic (exact) mass is 425 g/mol. The summed E-state index contributed by atoms with van der Waals surface area (Å²) in [5.41, 5.74) is 7.39. The summed E-state index contributed by atoms with van der Waals surface area (Å²) in [5.74, 6) is -0.0961. The molecule has 164 valence electrons. The average molecular weight is 425 g/mol. The zero-order valence-corrected chi connectivity index (χ0v) is 17.8. The van der Waals surface area contributed by atoms with Crippen molar-refractivity contribution < 1.29 is 23.9 Å². The number of hydrogen-bond acceptors (Lipinski definition) is 5. The number of primary amides is 1. The van der Waals surface area contributed by atoms with Crippen molar-refractivity contribution in [2.24, 2.45) is 5.73 Å². The van der Waals surface area contributed by atoms with Crippen LogP contribution in [0, 0.1) is 0 Å². The summed E-state index contributed by atoms with van der Waals surface area (Å²) in [7, 11) is 1.46. The normalized spacial score (nSPS) is 13.6. The first-order chi connectivity index (χ1) is 14.9. The van der Waals surface area contributed by atoms with Gasteiger partial charge in [0.1, 0.15) is 0 Å². The number of amides is 3. The van der Waals surface area contributed by atoms with Crippen molar-refractivity contribution in [2.45, 2.75) is 13.3 Å². The van der Waals surface area contributed by atoms with E-state index in [-0.39, 0.29) is 18.4 Å². The van der Waals surface area contributed by atoms with Crippen LogP contribution in [0.3, 0.4) is 0 Å². The Morgan fingerprint density at radius 2 is 1.42 bits per heavy atom. The first-order valence-electron chi connectivity index (χ1n) is 10.2. The quantitative estimate of drug-likeness (QED) is 0.728. The first-order valence-corrected chi connectivity index (χ1v) is 10.2. The van der Waals surface area contributed by atoms with Crippen LogP contribution in [-0.4, -0.2) is 67.4 Å². The molecule has 1 aliphatic rings. The fraction of sp³-hybridized carbons (Fsp3) is 0.348. The Morgan fingerprint density at radius 1 is 0.871 bits per heavy atom. The molecular weight excluding hydrogens is 398 g/mol. The van der Waals surface area contributed by atoms with Crippen LogP contribution in [0.15, 0.2) is 42.5 Å². The van der Waals surface area contributed by atoms with Gasteiger partial charge in [0.25, 0.3) is 17.7 Å². The van der Waals surface area contributed by atoms with Crippen LogP contribution >= 0.6 is 0 Å². The molecule has 0 unspecified atom stereocenters. The third kappa shape index (κ3) is 5.33. The smallest absolute Gasteiger partial charge is 0.255 e. The van der Waals surface area contributed by atoms with E-state index in [2.05, 4.69) is 6.92 Å². The Labute approximate surface area is 181 Å². The number of piperazine rings is 1. The standard InChI is InChI=1S/C23H27N3O5/c1-3-16-4-6-17(7-5-16)22(28)25-10-12-26(13-11-25)23(29)18-8-9-19(20(14-18)30-2)31-15-21(24)27/h4-9,14H,3,10-13,15H2,1-2H3,(H2,24,27). The number of hydrogen-bond donors (Lipinski definition) is 1. The van der Waals surface area contributed by atoms with Gasteiger partial charge in [0.05, 0.1) is 7.11 Å². The molecule has 2 N–H and O–H groups in total. The molecular formula is C23H27N3O5. The number of carbonyl (C=O) groups is 3. The molecule has 0 aromatic heterocycles. The van der Waals surface area contributed by atoms with Crippen LogP contribution in [0.4, 0.5) is 0 Å². The number of aryl methyl sites for hydroxylation is 1. The molecule has 8 nitrogen and oxygen atoms in total. The summed E-state index contributed by atoms with van der Waals surface area (Å²) in [5, 5.41) is 0. The summed E-state index contributed by atoms with van der Waals surface area (Å²) in [6.07, 6.45) is 0.929. The van der Waals surface area contributed by atoms with E-state index in [0.29, 0.717) is 48.8 Å². The maximum atomic E-state index is 12.9. The van der Waals surface area contributed by atoms with Gasteiger partial charge in [-0.05, 0) is 42.3 Å². The van der Waals surface area contributed by atoms with Gasteiger partial charge in [0.2, 0.25) is 0 Å². The van der Waals surface area contributed by atoms with E-state index in [1.807, 2.05) is 24.3 Å². The van der Waals surface area contributed by atoms with Crippen molar-refractivity contribution in [3.63, 3.8) is 0 Å². The van der Waals surface area contributed by atoms with Gasteiger partial charge < -0.3 is 25.0 Å². The lowest BCUT2D eigenvalue weighted by Crippen LogP contribution is -2.50. The molecule has 1 heterocycles. The lowest BCUT2D eigenvalue weighted by molar-refractivity contribution is -0.119. The molecule has 8 heteroatoms. The third-order valence-corrected chi connectivity index (χ3v) is 5.24. The fourth-order valence-electron chi connectivity index (χ4n) is 3.43. The number of rotatable bonds is 7. The summed E-state index contributed by atoms with van der Waals surface area (Å²) in [4.78, 5) is 40.0. The zero-order valence-electron chi connectivity index (χ0n) is 17.8. The molecule has 0 bridgehead atoms. The van der Waals surface area contributed by atoms with E-state index in [0.717, 1.165) is 6.42 Å². The van der Waals surface area contributed by atoms with E-state index in [1.54, 1.807) is 28.0 Å². The minimum absolute atomic E-state index is 0.0210. The average Bonchev–Trinajstić information content (AvgIpc) is 2.81. The molecule has 0 spiro atoms. The fourth-order valence-corrected chi connectivity index (χ4v) is 3.43. The van der Waals surface area contributed by atoms with E-state index >= 15 is 0 Å². The second kappa shape index (κ2) is 9.97. The molecule has 2 aromatic rings. The van der Waals surface area contributed by atoms with Crippen LogP contribution in [-0.2, 0) is 11.2 Å². The molecule has 1 fully saturated rings. The van der Waals surface area contributed by atoms with Crippen LogP contribution in [0.5, 0.6) is 11.5 Å². The molecule has 0 saturated carbocycles. The predicted octanol–water partition coefficient (Wildman–Crippen LogP) is 1.72. The second-order valence-corrected chi connectivity index (χ2v) is 7.26. The topological polar surface area (TPSA) is 102 Å².